The van der Waals surface area contributed by atoms with Crippen molar-refractivity contribution in [3.8, 4) is 17.2 Å². The van der Waals surface area contributed by atoms with E-state index in [0.717, 1.165) is 37.2 Å². The van der Waals surface area contributed by atoms with E-state index in [9.17, 15) is 9.35 Å². The summed E-state index contributed by atoms with van der Waals surface area (Å²) in [7, 11) is -0.826. The SMILES string of the molecule is CC1(OC(=O)COc2ccc(Oc3ccc([SH]4c5ccccc5[S+]([O-])c5ccccc54)cc3)cc2)C2CC3CC(C2)CC1C3. The molecule has 0 unspecified atom stereocenters. The number of rotatable bonds is 7. The molecule has 226 valence electrons. The molecule has 4 aliphatic carbocycles. The van der Waals surface area contributed by atoms with Gasteiger partial charge in [0.25, 0.3) is 0 Å². The zero-order valence-corrected chi connectivity index (χ0v) is 26.4. The van der Waals surface area contributed by atoms with Crippen molar-refractivity contribution in [2.75, 3.05) is 6.61 Å². The van der Waals surface area contributed by atoms with Crippen molar-refractivity contribution >= 4 is 28.0 Å². The quantitative estimate of drug-likeness (QED) is 0.127. The lowest BCUT2D eigenvalue weighted by Gasteiger charge is -2.59. The minimum Gasteiger partial charge on any atom is -0.606 e. The summed E-state index contributed by atoms with van der Waals surface area (Å²) >= 11 is -1.17. The minimum atomic E-state index is -1.17. The lowest BCUT2D eigenvalue weighted by Crippen LogP contribution is -2.58. The Morgan fingerprint density at radius 3 is 1.82 bits per heavy atom. The number of ether oxygens (including phenoxy) is 3. The fourth-order valence-electron chi connectivity index (χ4n) is 8.23. The molecule has 5 nitrogen and oxygen atoms in total. The summed E-state index contributed by atoms with van der Waals surface area (Å²) in [4.78, 5) is 18.1. The Balaban J connectivity index is 0.903. The molecule has 0 amide bonds. The van der Waals surface area contributed by atoms with Gasteiger partial charge in [0.1, 0.15) is 22.8 Å². The third-order valence-corrected chi connectivity index (χ3v) is 14.6. The summed E-state index contributed by atoms with van der Waals surface area (Å²) in [6.07, 6.45) is 6.18. The van der Waals surface area contributed by atoms with E-state index in [4.69, 9.17) is 14.2 Å². The van der Waals surface area contributed by atoms with Gasteiger partial charge in [0.15, 0.2) is 16.4 Å². The van der Waals surface area contributed by atoms with E-state index in [1.54, 1.807) is 0 Å². The van der Waals surface area contributed by atoms with E-state index in [1.807, 2.05) is 72.8 Å². The number of thiol groups is 1. The topological polar surface area (TPSA) is 67.8 Å². The molecule has 4 aromatic carbocycles. The van der Waals surface area contributed by atoms with Crippen molar-refractivity contribution < 1.29 is 23.6 Å². The van der Waals surface area contributed by atoms with Gasteiger partial charge in [-0.3, -0.25) is 0 Å². The second-order valence-corrected chi connectivity index (χ2v) is 16.4. The van der Waals surface area contributed by atoms with Crippen LogP contribution in [0.3, 0.4) is 0 Å². The number of hydrogen-bond acceptors (Lipinski definition) is 5. The van der Waals surface area contributed by atoms with Gasteiger partial charge in [-0.15, -0.1) is 0 Å². The fraction of sp³-hybridized carbons (Fsp3) is 0.324. The summed E-state index contributed by atoms with van der Waals surface area (Å²) in [5.41, 5.74) is -0.342. The Labute approximate surface area is 264 Å². The first-order valence-corrected chi connectivity index (χ1v) is 18.1. The average Bonchev–Trinajstić information content (AvgIpc) is 3.04. The molecule has 4 fully saturated rings. The maximum absolute atomic E-state index is 13.3. The smallest absolute Gasteiger partial charge is 0.344 e. The molecular formula is C37H36O5S2. The average molecular weight is 625 g/mol. The molecule has 0 spiro atoms. The number of carbonyl (C=O) groups is 1. The Morgan fingerprint density at radius 1 is 0.750 bits per heavy atom. The minimum absolute atomic E-state index is 0.0909. The molecule has 5 aliphatic rings. The molecule has 9 rings (SSSR count). The van der Waals surface area contributed by atoms with Crippen molar-refractivity contribution in [2.45, 2.75) is 69.1 Å². The van der Waals surface area contributed by atoms with Crippen molar-refractivity contribution in [1.29, 1.82) is 0 Å². The van der Waals surface area contributed by atoms with Gasteiger partial charge in [-0.2, -0.15) is 10.9 Å². The van der Waals surface area contributed by atoms with Crippen LogP contribution in [0.4, 0.5) is 0 Å². The van der Waals surface area contributed by atoms with Crippen LogP contribution in [0, 0.1) is 23.7 Å². The standard InChI is InChI=1S/C37H36O5S2/c1-37(26-19-24-18-25(21-26)22-27(37)20-24)42-36(38)23-40-28-10-12-29(13-11-28)41-30-14-16-31(17-15-30)43-32-6-2-4-8-34(32)44(39)35-9-5-3-7-33(35)43/h2-17,24-27,43H,18-23H2,1H3. The second kappa shape index (κ2) is 11.2. The molecule has 0 aromatic heterocycles. The van der Waals surface area contributed by atoms with E-state index in [-0.39, 0.29) is 18.2 Å². The van der Waals surface area contributed by atoms with Crippen LogP contribution in [-0.2, 0) is 20.7 Å². The van der Waals surface area contributed by atoms with Crippen molar-refractivity contribution in [3.63, 3.8) is 0 Å². The normalized spacial score (nSPS) is 30.2. The lowest BCUT2D eigenvalue weighted by atomic mass is 9.50. The van der Waals surface area contributed by atoms with Crippen LogP contribution in [0.5, 0.6) is 17.2 Å². The van der Waals surface area contributed by atoms with Gasteiger partial charge in [-0.05, 0) is 140 Å². The molecule has 4 aromatic rings. The Morgan fingerprint density at radius 2 is 1.25 bits per heavy atom. The number of esters is 1. The molecule has 0 N–H and O–H groups in total. The Hall–Kier alpha value is -3.39. The maximum atomic E-state index is 13.3. The molecule has 7 heteroatoms. The van der Waals surface area contributed by atoms with Crippen LogP contribution < -0.4 is 9.47 Å². The van der Waals surface area contributed by atoms with Crippen LogP contribution in [0.25, 0.3) is 0 Å². The van der Waals surface area contributed by atoms with Crippen molar-refractivity contribution in [2.24, 2.45) is 23.7 Å². The van der Waals surface area contributed by atoms with Crippen molar-refractivity contribution in [1.82, 2.24) is 0 Å². The molecule has 4 saturated carbocycles. The highest BCUT2D eigenvalue weighted by Gasteiger charge is 2.57. The van der Waals surface area contributed by atoms with E-state index in [0.29, 0.717) is 23.3 Å². The van der Waals surface area contributed by atoms with Gasteiger partial charge in [0.05, 0.1) is 9.79 Å². The van der Waals surface area contributed by atoms with Gasteiger partial charge in [-0.25, -0.2) is 4.79 Å². The first-order chi connectivity index (χ1) is 21.4. The number of hydrogen-bond donors (Lipinski definition) is 1. The van der Waals surface area contributed by atoms with Gasteiger partial charge >= 0.3 is 5.97 Å². The van der Waals surface area contributed by atoms with Gasteiger partial charge in [0, 0.05) is 11.2 Å². The molecule has 44 heavy (non-hydrogen) atoms. The number of carbonyl (C=O) groups excluding carboxylic acids is 1. The summed E-state index contributed by atoms with van der Waals surface area (Å²) in [6.45, 7) is 2.07. The van der Waals surface area contributed by atoms with Crippen LogP contribution in [0.15, 0.2) is 122 Å². The first-order valence-electron chi connectivity index (χ1n) is 15.6. The molecule has 0 saturated heterocycles. The Bertz CT molecular complexity index is 1610. The summed E-state index contributed by atoms with van der Waals surface area (Å²) < 4.78 is 31.3. The second-order valence-electron chi connectivity index (χ2n) is 12.9. The third-order valence-electron chi connectivity index (χ3n) is 10.2. The lowest BCUT2D eigenvalue weighted by molar-refractivity contribution is -0.204. The van der Waals surface area contributed by atoms with Crippen LogP contribution >= 0.6 is 10.9 Å². The highest BCUT2D eigenvalue weighted by atomic mass is 32.2. The predicted molar refractivity (Wildman–Crippen MR) is 171 cm³/mol. The van der Waals surface area contributed by atoms with E-state index in [1.165, 1.54) is 37.0 Å². The maximum Gasteiger partial charge on any atom is 0.344 e. The third kappa shape index (κ3) is 4.99. The van der Waals surface area contributed by atoms with E-state index in [2.05, 4.69) is 31.2 Å². The monoisotopic (exact) mass is 624 g/mol. The molecule has 0 radical (unpaired) electrons. The van der Waals surface area contributed by atoms with E-state index < -0.39 is 22.1 Å². The first kappa shape index (κ1) is 28.1. The fourth-order valence-corrected chi connectivity index (χ4v) is 12.8. The molecule has 0 atom stereocenters. The number of fused-ring (bicyclic) bond motifs is 2. The molecule has 1 heterocycles. The highest BCUT2D eigenvalue weighted by molar-refractivity contribution is 8.18. The zero-order chi connectivity index (χ0) is 29.8. The molecular weight excluding hydrogens is 589 g/mol. The van der Waals surface area contributed by atoms with Gasteiger partial charge < -0.3 is 18.8 Å². The summed E-state index contributed by atoms with van der Waals surface area (Å²) in [6, 6.07) is 31.7. The Kier molecular flexibility index (Phi) is 7.15. The van der Waals surface area contributed by atoms with Gasteiger partial charge in [0.2, 0.25) is 0 Å². The predicted octanol–water partition coefficient (Wildman–Crippen LogP) is 8.57. The highest BCUT2D eigenvalue weighted by Crippen LogP contribution is 2.60. The molecule has 4 bridgehead atoms. The number of benzene rings is 4. The van der Waals surface area contributed by atoms with Crippen LogP contribution in [0.2, 0.25) is 0 Å². The zero-order valence-electron chi connectivity index (χ0n) is 24.7. The summed E-state index contributed by atoms with van der Waals surface area (Å²) in [5, 5.41) is 0. The molecule has 1 aliphatic heterocycles. The van der Waals surface area contributed by atoms with Crippen LogP contribution in [-0.4, -0.2) is 22.7 Å². The van der Waals surface area contributed by atoms with E-state index >= 15 is 0 Å². The van der Waals surface area contributed by atoms with Crippen LogP contribution in [0.1, 0.15) is 39.0 Å². The summed E-state index contributed by atoms with van der Waals surface area (Å²) in [5.74, 6) is 4.39. The van der Waals surface area contributed by atoms with Crippen molar-refractivity contribution in [3.05, 3.63) is 97.1 Å². The largest absolute Gasteiger partial charge is 0.606 e. The van der Waals surface area contributed by atoms with Gasteiger partial charge in [-0.1, -0.05) is 24.3 Å².